The molecule has 1 aromatic rings. The Morgan fingerprint density at radius 2 is 2.20 bits per heavy atom. The molecule has 2 rings (SSSR count). The fourth-order valence-corrected chi connectivity index (χ4v) is 1.77. The van der Waals surface area contributed by atoms with E-state index in [4.69, 9.17) is 0 Å². The number of hydrogen-bond acceptors (Lipinski definition) is 3. The molecule has 0 aromatic heterocycles. The van der Waals surface area contributed by atoms with E-state index in [-0.39, 0.29) is 5.69 Å². The lowest BCUT2D eigenvalue weighted by Gasteiger charge is -2.24. The molecule has 0 fully saturated rings. The van der Waals surface area contributed by atoms with Crippen molar-refractivity contribution in [1.29, 1.82) is 0 Å². The smallest absolute Gasteiger partial charge is 0.269 e. The van der Waals surface area contributed by atoms with Crippen molar-refractivity contribution in [3.8, 4) is 0 Å². The van der Waals surface area contributed by atoms with Gasteiger partial charge in [-0.2, -0.15) is 0 Å². The summed E-state index contributed by atoms with van der Waals surface area (Å²) < 4.78 is 0. The first kappa shape index (κ1) is 9.64. The van der Waals surface area contributed by atoms with Crippen LogP contribution < -0.4 is 0 Å². The summed E-state index contributed by atoms with van der Waals surface area (Å²) in [5, 5.41) is 10.6. The highest BCUT2D eigenvalue weighted by Crippen LogP contribution is 2.22. The maximum atomic E-state index is 10.6. The highest BCUT2D eigenvalue weighted by Gasteiger charge is 2.17. The summed E-state index contributed by atoms with van der Waals surface area (Å²) in [6.45, 7) is 1.16. The molecule has 0 atom stereocenters. The average molecular weight is 206 g/mol. The van der Waals surface area contributed by atoms with E-state index in [0.29, 0.717) is 13.1 Å². The van der Waals surface area contributed by atoms with Crippen LogP contribution in [0.3, 0.4) is 0 Å². The maximum absolute atomic E-state index is 10.6. The maximum Gasteiger partial charge on any atom is 0.269 e. The van der Waals surface area contributed by atoms with Crippen LogP contribution in [0, 0.1) is 10.1 Å². The van der Waals surface area contributed by atoms with Crippen LogP contribution in [-0.2, 0) is 17.8 Å². The number of rotatable bonds is 2. The third-order valence-corrected chi connectivity index (χ3v) is 2.59. The fraction of sp³-hybridized carbons (Fsp3) is 0.300. The lowest BCUT2D eigenvalue weighted by molar-refractivity contribution is -0.385. The number of nitro benzene ring substituents is 1. The third kappa shape index (κ3) is 1.81. The first-order valence-corrected chi connectivity index (χ1v) is 4.66. The average Bonchev–Trinajstić information content (AvgIpc) is 2.27. The number of nitro groups is 1. The number of benzene rings is 1. The summed E-state index contributed by atoms with van der Waals surface area (Å²) in [5.74, 6) is 0. The Hall–Kier alpha value is -1.91. The van der Waals surface area contributed by atoms with Gasteiger partial charge < -0.3 is 4.90 Å². The lowest BCUT2D eigenvalue weighted by Crippen LogP contribution is -2.29. The molecule has 78 valence electrons. The van der Waals surface area contributed by atoms with Gasteiger partial charge in [-0.15, -0.1) is 0 Å². The van der Waals surface area contributed by atoms with Crippen LogP contribution in [0.2, 0.25) is 0 Å². The van der Waals surface area contributed by atoms with Crippen LogP contribution in [0.5, 0.6) is 0 Å². The zero-order valence-electron chi connectivity index (χ0n) is 8.05. The van der Waals surface area contributed by atoms with Crippen molar-refractivity contribution >= 4 is 12.1 Å². The molecule has 0 saturated heterocycles. The van der Waals surface area contributed by atoms with Gasteiger partial charge >= 0.3 is 0 Å². The second-order valence-corrected chi connectivity index (χ2v) is 3.54. The van der Waals surface area contributed by atoms with Crippen LogP contribution in [0.1, 0.15) is 11.1 Å². The zero-order chi connectivity index (χ0) is 10.8. The molecule has 5 nitrogen and oxygen atoms in total. The van der Waals surface area contributed by atoms with Crippen LogP contribution in [0.4, 0.5) is 5.69 Å². The molecule has 1 aromatic carbocycles. The van der Waals surface area contributed by atoms with Gasteiger partial charge in [-0.05, 0) is 17.5 Å². The van der Waals surface area contributed by atoms with Gasteiger partial charge in [0.1, 0.15) is 0 Å². The minimum Gasteiger partial charge on any atom is -0.341 e. The third-order valence-electron chi connectivity index (χ3n) is 2.59. The SMILES string of the molecule is O=CN1CCc2ccc([N+](=O)[O-])cc2C1. The van der Waals surface area contributed by atoms with E-state index in [1.165, 1.54) is 6.07 Å². The molecule has 5 heteroatoms. The van der Waals surface area contributed by atoms with Gasteiger partial charge in [0.25, 0.3) is 5.69 Å². The Kier molecular flexibility index (Phi) is 2.37. The van der Waals surface area contributed by atoms with Crippen LogP contribution in [0.15, 0.2) is 18.2 Å². The summed E-state index contributed by atoms with van der Waals surface area (Å²) in [5.41, 5.74) is 2.06. The van der Waals surface area contributed by atoms with Crippen molar-refractivity contribution in [3.63, 3.8) is 0 Å². The first-order chi connectivity index (χ1) is 7.20. The van der Waals surface area contributed by atoms with E-state index in [1.54, 1.807) is 17.0 Å². The second-order valence-electron chi connectivity index (χ2n) is 3.54. The topological polar surface area (TPSA) is 63.5 Å². The van der Waals surface area contributed by atoms with E-state index >= 15 is 0 Å². The van der Waals surface area contributed by atoms with Gasteiger partial charge in [0.15, 0.2) is 0 Å². The molecule has 0 radical (unpaired) electrons. The molecule has 0 aliphatic carbocycles. The summed E-state index contributed by atoms with van der Waals surface area (Å²) in [6.07, 6.45) is 1.55. The first-order valence-electron chi connectivity index (χ1n) is 4.66. The molecule has 0 N–H and O–H groups in total. The van der Waals surface area contributed by atoms with Gasteiger partial charge in [0.05, 0.1) is 4.92 Å². The van der Waals surface area contributed by atoms with Gasteiger partial charge in [-0.1, -0.05) is 6.07 Å². The van der Waals surface area contributed by atoms with E-state index in [1.807, 2.05) is 0 Å². The standard InChI is InChI=1S/C10H10N2O3/c13-7-11-4-3-8-1-2-10(12(14)15)5-9(8)6-11/h1-2,5,7H,3-4,6H2. The number of non-ortho nitro benzene ring substituents is 1. The number of fused-ring (bicyclic) bond motifs is 1. The molecule has 15 heavy (non-hydrogen) atoms. The Morgan fingerprint density at radius 3 is 2.87 bits per heavy atom. The summed E-state index contributed by atoms with van der Waals surface area (Å²) in [7, 11) is 0. The van der Waals surface area contributed by atoms with Crippen molar-refractivity contribution in [2.45, 2.75) is 13.0 Å². The highest BCUT2D eigenvalue weighted by atomic mass is 16.6. The Labute approximate surface area is 86.5 Å². The number of carbonyl (C=O) groups excluding carboxylic acids is 1. The van der Waals surface area contributed by atoms with Crippen LogP contribution >= 0.6 is 0 Å². The predicted octanol–water partition coefficient (Wildman–Crippen LogP) is 1.11. The molecule has 0 saturated carbocycles. The molecule has 0 bridgehead atoms. The van der Waals surface area contributed by atoms with Crippen molar-refractivity contribution < 1.29 is 9.72 Å². The molecular formula is C10H10N2O3. The molecule has 1 amide bonds. The van der Waals surface area contributed by atoms with Crippen LogP contribution in [-0.4, -0.2) is 22.8 Å². The zero-order valence-corrected chi connectivity index (χ0v) is 8.05. The summed E-state index contributed by atoms with van der Waals surface area (Å²) in [4.78, 5) is 22.3. The van der Waals surface area contributed by atoms with Crippen molar-refractivity contribution in [2.24, 2.45) is 0 Å². The Bertz CT molecular complexity index is 417. The van der Waals surface area contributed by atoms with Gasteiger partial charge in [0.2, 0.25) is 6.41 Å². The molecular weight excluding hydrogens is 196 g/mol. The van der Waals surface area contributed by atoms with Gasteiger partial charge in [-0.25, -0.2) is 0 Å². The molecule has 0 spiro atoms. The monoisotopic (exact) mass is 206 g/mol. The number of carbonyl (C=O) groups is 1. The predicted molar refractivity (Wildman–Crippen MR) is 53.3 cm³/mol. The minimum atomic E-state index is -0.417. The van der Waals surface area contributed by atoms with Gasteiger partial charge in [0, 0.05) is 25.2 Å². The molecule has 1 heterocycles. The second kappa shape index (κ2) is 3.68. The normalized spacial score (nSPS) is 14.5. The van der Waals surface area contributed by atoms with E-state index in [2.05, 4.69) is 0 Å². The lowest BCUT2D eigenvalue weighted by atomic mass is 9.99. The largest absolute Gasteiger partial charge is 0.341 e. The number of nitrogens with zero attached hydrogens (tertiary/aromatic N) is 2. The summed E-state index contributed by atoms with van der Waals surface area (Å²) in [6, 6.07) is 4.83. The van der Waals surface area contributed by atoms with E-state index in [9.17, 15) is 14.9 Å². The van der Waals surface area contributed by atoms with Gasteiger partial charge in [-0.3, -0.25) is 14.9 Å². The van der Waals surface area contributed by atoms with E-state index in [0.717, 1.165) is 24.0 Å². The molecule has 1 aliphatic heterocycles. The van der Waals surface area contributed by atoms with Crippen molar-refractivity contribution in [2.75, 3.05) is 6.54 Å². The number of hydrogen-bond donors (Lipinski definition) is 0. The highest BCUT2D eigenvalue weighted by molar-refractivity contribution is 5.50. The van der Waals surface area contributed by atoms with Crippen molar-refractivity contribution in [1.82, 2.24) is 4.90 Å². The quantitative estimate of drug-likeness (QED) is 0.413. The summed E-state index contributed by atoms with van der Waals surface area (Å²) >= 11 is 0. The fourth-order valence-electron chi connectivity index (χ4n) is 1.77. The Balaban J connectivity index is 2.34. The van der Waals surface area contributed by atoms with Crippen LogP contribution in [0.25, 0.3) is 0 Å². The van der Waals surface area contributed by atoms with Crippen molar-refractivity contribution in [3.05, 3.63) is 39.4 Å². The molecule has 1 aliphatic rings. The minimum absolute atomic E-state index is 0.0847. The van der Waals surface area contributed by atoms with E-state index < -0.39 is 4.92 Å². The molecule has 0 unspecified atom stereocenters. The Morgan fingerprint density at radius 1 is 1.40 bits per heavy atom. The number of amides is 1.